The monoisotopic (exact) mass is 218 g/mol. The van der Waals surface area contributed by atoms with Gasteiger partial charge >= 0.3 is 0 Å². The van der Waals surface area contributed by atoms with Crippen LogP contribution in [0, 0.1) is 19.8 Å². The number of hydrogen-bond acceptors (Lipinski definition) is 2. The lowest BCUT2D eigenvalue weighted by molar-refractivity contribution is 0.0917. The van der Waals surface area contributed by atoms with Crippen molar-refractivity contribution in [2.75, 3.05) is 6.61 Å². The fourth-order valence-corrected chi connectivity index (χ4v) is 2.06. The number of benzene rings is 1. The molecule has 0 amide bonds. The van der Waals surface area contributed by atoms with Crippen LogP contribution in [0.5, 0.6) is 0 Å². The molecule has 1 aromatic rings. The first kappa shape index (κ1) is 11.3. The molecule has 1 aliphatic heterocycles. The lowest BCUT2D eigenvalue weighted by atomic mass is 9.92. The molecule has 2 heteroatoms. The topological polar surface area (TPSA) is 29.6 Å². The molecule has 2 nitrogen and oxygen atoms in total. The van der Waals surface area contributed by atoms with Crippen molar-refractivity contribution in [1.82, 2.24) is 0 Å². The Bertz CT molecular complexity index is 405. The van der Waals surface area contributed by atoms with Crippen LogP contribution in [0.4, 0.5) is 0 Å². The third kappa shape index (κ3) is 2.50. The van der Waals surface area contributed by atoms with E-state index in [1.165, 1.54) is 5.56 Å². The fourth-order valence-electron chi connectivity index (χ4n) is 2.06. The standard InChI is InChI=1S/C14H18O2/c1-9-4-5-13(10(2)6-9)14(15)11(3)7-12-8-16-12/h4-6,11-12H,7-8H2,1-3H3. The van der Waals surface area contributed by atoms with Crippen molar-refractivity contribution < 1.29 is 9.53 Å². The maximum atomic E-state index is 12.2. The van der Waals surface area contributed by atoms with Crippen LogP contribution in [0.1, 0.15) is 34.8 Å². The van der Waals surface area contributed by atoms with E-state index in [0.29, 0.717) is 6.10 Å². The Morgan fingerprint density at radius 2 is 2.19 bits per heavy atom. The average molecular weight is 218 g/mol. The van der Waals surface area contributed by atoms with Gasteiger partial charge in [-0.05, 0) is 25.8 Å². The summed E-state index contributed by atoms with van der Waals surface area (Å²) in [5.41, 5.74) is 3.14. The number of ketones is 1. The van der Waals surface area contributed by atoms with Crippen molar-refractivity contribution in [3.63, 3.8) is 0 Å². The number of epoxide rings is 1. The van der Waals surface area contributed by atoms with Crippen LogP contribution in [0.25, 0.3) is 0 Å². The van der Waals surface area contributed by atoms with Crippen LogP contribution in [-0.2, 0) is 4.74 Å². The van der Waals surface area contributed by atoms with Crippen molar-refractivity contribution in [2.45, 2.75) is 33.3 Å². The third-order valence-electron chi connectivity index (χ3n) is 3.11. The summed E-state index contributed by atoms with van der Waals surface area (Å²) in [6.07, 6.45) is 1.18. The molecular weight excluding hydrogens is 200 g/mol. The minimum Gasteiger partial charge on any atom is -0.373 e. The average Bonchev–Trinajstić information content (AvgIpc) is 3.00. The minimum absolute atomic E-state index is 0.0638. The van der Waals surface area contributed by atoms with Crippen LogP contribution in [-0.4, -0.2) is 18.5 Å². The van der Waals surface area contributed by atoms with E-state index >= 15 is 0 Å². The molecule has 16 heavy (non-hydrogen) atoms. The number of ether oxygens (including phenoxy) is 1. The second-order valence-electron chi connectivity index (χ2n) is 4.77. The predicted molar refractivity (Wildman–Crippen MR) is 63.8 cm³/mol. The summed E-state index contributed by atoms with van der Waals surface area (Å²) in [5, 5.41) is 0. The van der Waals surface area contributed by atoms with E-state index in [1.807, 2.05) is 32.9 Å². The lowest BCUT2D eigenvalue weighted by Gasteiger charge is -2.11. The molecule has 0 aliphatic carbocycles. The molecule has 0 bridgehead atoms. The van der Waals surface area contributed by atoms with Gasteiger partial charge in [0.25, 0.3) is 0 Å². The van der Waals surface area contributed by atoms with E-state index in [4.69, 9.17) is 4.74 Å². The van der Waals surface area contributed by atoms with Crippen LogP contribution in [0.3, 0.4) is 0 Å². The van der Waals surface area contributed by atoms with E-state index in [2.05, 4.69) is 6.07 Å². The molecule has 0 radical (unpaired) electrons. The maximum absolute atomic E-state index is 12.2. The Balaban J connectivity index is 2.12. The van der Waals surface area contributed by atoms with Crippen LogP contribution in [0.2, 0.25) is 0 Å². The van der Waals surface area contributed by atoms with E-state index in [-0.39, 0.29) is 11.7 Å². The van der Waals surface area contributed by atoms with Crippen molar-refractivity contribution >= 4 is 5.78 Å². The van der Waals surface area contributed by atoms with Crippen LogP contribution in [0.15, 0.2) is 18.2 Å². The molecule has 1 heterocycles. The number of rotatable bonds is 4. The van der Waals surface area contributed by atoms with Crippen molar-refractivity contribution in [3.8, 4) is 0 Å². The molecule has 1 aliphatic rings. The number of Topliss-reactive ketones (excluding diaryl/α,β-unsaturated/α-hetero) is 1. The number of carbonyl (C=O) groups excluding carboxylic acids is 1. The summed E-state index contributed by atoms with van der Waals surface area (Å²) < 4.78 is 5.16. The van der Waals surface area contributed by atoms with Gasteiger partial charge in [0.2, 0.25) is 0 Å². The Morgan fingerprint density at radius 1 is 1.50 bits per heavy atom. The van der Waals surface area contributed by atoms with E-state index in [9.17, 15) is 4.79 Å². The van der Waals surface area contributed by atoms with Crippen LogP contribution < -0.4 is 0 Å². The van der Waals surface area contributed by atoms with Crippen LogP contribution >= 0.6 is 0 Å². The van der Waals surface area contributed by atoms with E-state index in [0.717, 1.165) is 24.2 Å². The second kappa shape index (κ2) is 4.38. The first-order valence-electron chi connectivity index (χ1n) is 5.81. The number of aryl methyl sites for hydroxylation is 2. The Hall–Kier alpha value is -1.15. The van der Waals surface area contributed by atoms with Gasteiger partial charge in [-0.2, -0.15) is 0 Å². The molecular formula is C14H18O2. The van der Waals surface area contributed by atoms with Gasteiger partial charge in [-0.25, -0.2) is 0 Å². The SMILES string of the molecule is Cc1ccc(C(=O)C(C)CC2CO2)c(C)c1. The van der Waals surface area contributed by atoms with Gasteiger partial charge in [0.1, 0.15) is 0 Å². The van der Waals surface area contributed by atoms with E-state index in [1.54, 1.807) is 0 Å². The molecule has 1 aromatic carbocycles. The van der Waals surface area contributed by atoms with Gasteiger partial charge in [-0.1, -0.05) is 30.7 Å². The van der Waals surface area contributed by atoms with Gasteiger partial charge < -0.3 is 4.74 Å². The van der Waals surface area contributed by atoms with Gasteiger partial charge in [0.15, 0.2) is 5.78 Å². The molecule has 0 spiro atoms. The quantitative estimate of drug-likeness (QED) is 0.574. The first-order chi connectivity index (χ1) is 7.58. The van der Waals surface area contributed by atoms with Gasteiger partial charge in [-0.15, -0.1) is 0 Å². The summed E-state index contributed by atoms with van der Waals surface area (Å²) in [6.45, 7) is 6.86. The van der Waals surface area contributed by atoms with E-state index < -0.39 is 0 Å². The van der Waals surface area contributed by atoms with Crippen molar-refractivity contribution in [2.24, 2.45) is 5.92 Å². The number of hydrogen-bond donors (Lipinski definition) is 0. The lowest BCUT2D eigenvalue weighted by Crippen LogP contribution is -2.14. The fraction of sp³-hybridized carbons (Fsp3) is 0.500. The molecule has 0 aromatic heterocycles. The highest BCUT2D eigenvalue weighted by Crippen LogP contribution is 2.23. The summed E-state index contributed by atoms with van der Waals surface area (Å²) in [6, 6.07) is 6.01. The molecule has 86 valence electrons. The maximum Gasteiger partial charge on any atom is 0.166 e. The highest BCUT2D eigenvalue weighted by Gasteiger charge is 2.28. The minimum atomic E-state index is 0.0638. The summed E-state index contributed by atoms with van der Waals surface area (Å²) in [7, 11) is 0. The smallest absolute Gasteiger partial charge is 0.166 e. The van der Waals surface area contributed by atoms with Gasteiger partial charge in [0, 0.05) is 11.5 Å². The predicted octanol–water partition coefficient (Wildman–Crippen LogP) is 2.91. The van der Waals surface area contributed by atoms with Crippen molar-refractivity contribution in [3.05, 3.63) is 34.9 Å². The first-order valence-corrected chi connectivity index (χ1v) is 5.81. The Labute approximate surface area is 96.6 Å². The third-order valence-corrected chi connectivity index (χ3v) is 3.11. The highest BCUT2D eigenvalue weighted by atomic mass is 16.6. The highest BCUT2D eigenvalue weighted by molar-refractivity contribution is 5.99. The molecule has 2 rings (SSSR count). The largest absolute Gasteiger partial charge is 0.373 e. The van der Waals surface area contributed by atoms with Crippen molar-refractivity contribution in [1.29, 1.82) is 0 Å². The zero-order valence-electron chi connectivity index (χ0n) is 10.1. The summed E-state index contributed by atoms with van der Waals surface area (Å²) >= 11 is 0. The molecule has 1 saturated heterocycles. The molecule has 2 atom stereocenters. The Morgan fingerprint density at radius 3 is 2.75 bits per heavy atom. The number of carbonyl (C=O) groups is 1. The molecule has 0 N–H and O–H groups in total. The van der Waals surface area contributed by atoms with Gasteiger partial charge in [-0.3, -0.25) is 4.79 Å². The van der Waals surface area contributed by atoms with Gasteiger partial charge in [0.05, 0.1) is 12.7 Å². The molecule has 1 fully saturated rings. The zero-order chi connectivity index (χ0) is 11.7. The summed E-state index contributed by atoms with van der Waals surface area (Å²) in [4.78, 5) is 12.2. The Kier molecular flexibility index (Phi) is 3.10. The zero-order valence-corrected chi connectivity index (χ0v) is 10.1. The molecule has 0 saturated carbocycles. The summed E-state index contributed by atoms with van der Waals surface area (Å²) in [5.74, 6) is 0.307. The normalized spacial score (nSPS) is 20.6. The second-order valence-corrected chi connectivity index (χ2v) is 4.77. The molecule has 2 unspecified atom stereocenters.